The summed E-state index contributed by atoms with van der Waals surface area (Å²) in [6.45, 7) is 19.7. The van der Waals surface area contributed by atoms with Gasteiger partial charge < -0.3 is 9.80 Å². The molecule has 3 aliphatic rings. The normalized spacial score (nSPS) is 35.8. The predicted molar refractivity (Wildman–Crippen MR) is 105 cm³/mol. The number of carbonyl (C=O) groups is 2. The molecule has 2 atom stereocenters. The lowest BCUT2D eigenvalue weighted by molar-refractivity contribution is -0.116. The van der Waals surface area contributed by atoms with Crippen LogP contribution in [0.25, 0.3) is 0 Å². The summed E-state index contributed by atoms with van der Waals surface area (Å²) < 4.78 is 0. The van der Waals surface area contributed by atoms with Gasteiger partial charge in [0.15, 0.2) is 0 Å². The second kappa shape index (κ2) is 5.48. The minimum Gasteiger partial charge on any atom is -0.323 e. The Kier molecular flexibility index (Phi) is 4.15. The standard InChI is InChI=1S/C22H38N2O2/c1-19(2,3)15-17(25)23(15)21(7,8)14-10-12-22(9,13-11-14)24-16(18(24)26)20(4,5)6/h14-16H,10-13H2,1-9H3. The number of hydrogen-bond donors (Lipinski definition) is 0. The van der Waals surface area contributed by atoms with Crippen LogP contribution in [-0.4, -0.2) is 44.8 Å². The van der Waals surface area contributed by atoms with E-state index >= 15 is 0 Å². The van der Waals surface area contributed by atoms with Crippen LogP contribution >= 0.6 is 0 Å². The van der Waals surface area contributed by atoms with Crippen LogP contribution in [-0.2, 0) is 9.59 Å². The highest BCUT2D eigenvalue weighted by Gasteiger charge is 2.63. The molecule has 0 aromatic carbocycles. The van der Waals surface area contributed by atoms with Gasteiger partial charge in [-0.3, -0.25) is 9.59 Å². The molecule has 0 bridgehead atoms. The smallest absolute Gasteiger partial charge is 0.247 e. The first-order chi connectivity index (χ1) is 11.6. The Morgan fingerprint density at radius 2 is 1.27 bits per heavy atom. The van der Waals surface area contributed by atoms with Gasteiger partial charge in [0, 0.05) is 11.1 Å². The van der Waals surface area contributed by atoms with Crippen molar-refractivity contribution in [2.45, 2.75) is 111 Å². The van der Waals surface area contributed by atoms with Crippen LogP contribution in [0.4, 0.5) is 0 Å². The van der Waals surface area contributed by atoms with Crippen LogP contribution in [0.5, 0.6) is 0 Å². The zero-order valence-electron chi connectivity index (χ0n) is 18.3. The average Bonchev–Trinajstić information content (AvgIpc) is 3.32. The highest BCUT2D eigenvalue weighted by Crippen LogP contribution is 2.52. The molecule has 2 amide bonds. The molecule has 0 aromatic heterocycles. The van der Waals surface area contributed by atoms with E-state index in [1.807, 2.05) is 0 Å². The summed E-state index contributed by atoms with van der Waals surface area (Å²) in [6.07, 6.45) is 4.26. The van der Waals surface area contributed by atoms with Crippen molar-refractivity contribution in [2.24, 2.45) is 16.7 Å². The monoisotopic (exact) mass is 362 g/mol. The minimum absolute atomic E-state index is 0.00357. The molecule has 0 aromatic rings. The summed E-state index contributed by atoms with van der Waals surface area (Å²) in [5.41, 5.74) is -0.0809. The van der Waals surface area contributed by atoms with Gasteiger partial charge in [-0.2, -0.15) is 0 Å². The molecule has 2 aliphatic heterocycles. The second-order valence-electron chi connectivity index (χ2n) is 11.9. The summed E-state index contributed by atoms with van der Waals surface area (Å²) in [5.74, 6) is 1.14. The molecule has 0 radical (unpaired) electrons. The van der Waals surface area contributed by atoms with Crippen molar-refractivity contribution >= 4 is 11.8 Å². The fraction of sp³-hybridized carbons (Fsp3) is 0.909. The Bertz CT molecular complexity index is 615. The summed E-state index contributed by atoms with van der Waals surface area (Å²) in [6, 6.07) is 0.140. The predicted octanol–water partition coefficient (Wildman–Crippen LogP) is 4.23. The molecule has 3 rings (SSSR count). The van der Waals surface area contributed by atoms with Gasteiger partial charge in [0.1, 0.15) is 12.1 Å². The van der Waals surface area contributed by atoms with Gasteiger partial charge >= 0.3 is 0 Å². The third kappa shape index (κ3) is 2.97. The van der Waals surface area contributed by atoms with Crippen molar-refractivity contribution in [3.05, 3.63) is 0 Å². The fourth-order valence-electron chi connectivity index (χ4n) is 5.45. The second-order valence-corrected chi connectivity index (χ2v) is 11.9. The maximum Gasteiger partial charge on any atom is 0.247 e. The first kappa shape index (κ1) is 19.7. The quantitative estimate of drug-likeness (QED) is 0.705. The van der Waals surface area contributed by atoms with Crippen LogP contribution < -0.4 is 0 Å². The van der Waals surface area contributed by atoms with Crippen molar-refractivity contribution in [1.82, 2.24) is 9.80 Å². The summed E-state index contributed by atoms with van der Waals surface area (Å²) in [5, 5.41) is 0. The molecule has 4 heteroatoms. The topological polar surface area (TPSA) is 40.2 Å². The average molecular weight is 363 g/mol. The highest BCUT2D eigenvalue weighted by molar-refractivity contribution is 5.99. The van der Waals surface area contributed by atoms with Gasteiger partial charge in [-0.15, -0.1) is 0 Å². The maximum absolute atomic E-state index is 12.5. The van der Waals surface area contributed by atoms with Crippen molar-refractivity contribution in [3.63, 3.8) is 0 Å². The van der Waals surface area contributed by atoms with E-state index in [0.29, 0.717) is 17.7 Å². The van der Waals surface area contributed by atoms with E-state index in [0.717, 1.165) is 25.7 Å². The highest BCUT2D eigenvalue weighted by atomic mass is 16.2. The maximum atomic E-state index is 12.5. The first-order valence-corrected chi connectivity index (χ1v) is 10.3. The largest absolute Gasteiger partial charge is 0.323 e. The summed E-state index contributed by atoms with van der Waals surface area (Å²) in [4.78, 5) is 29.2. The molecule has 0 N–H and O–H groups in total. The summed E-state index contributed by atoms with van der Waals surface area (Å²) >= 11 is 0. The van der Waals surface area contributed by atoms with Crippen LogP contribution in [0.2, 0.25) is 0 Å². The van der Waals surface area contributed by atoms with Crippen LogP contribution in [0, 0.1) is 16.7 Å². The van der Waals surface area contributed by atoms with Gasteiger partial charge in [0.05, 0.1) is 0 Å². The van der Waals surface area contributed by atoms with E-state index in [1.54, 1.807) is 0 Å². The summed E-state index contributed by atoms with van der Waals surface area (Å²) in [7, 11) is 0. The van der Waals surface area contributed by atoms with E-state index in [9.17, 15) is 9.59 Å². The molecular formula is C22H38N2O2. The first-order valence-electron chi connectivity index (χ1n) is 10.3. The van der Waals surface area contributed by atoms with E-state index in [4.69, 9.17) is 0 Å². The Balaban J connectivity index is 1.66. The van der Waals surface area contributed by atoms with Crippen molar-refractivity contribution in [2.75, 3.05) is 0 Å². The zero-order chi connectivity index (χ0) is 19.9. The lowest BCUT2D eigenvalue weighted by Gasteiger charge is -2.45. The molecule has 148 valence electrons. The van der Waals surface area contributed by atoms with E-state index in [2.05, 4.69) is 72.1 Å². The van der Waals surface area contributed by atoms with Gasteiger partial charge in [-0.25, -0.2) is 0 Å². The molecule has 2 saturated heterocycles. The minimum atomic E-state index is -0.0946. The van der Waals surface area contributed by atoms with Gasteiger partial charge in [0.2, 0.25) is 11.8 Å². The molecule has 4 nitrogen and oxygen atoms in total. The Morgan fingerprint density at radius 1 is 0.808 bits per heavy atom. The number of hydrogen-bond acceptors (Lipinski definition) is 2. The van der Waals surface area contributed by atoms with Gasteiger partial charge in [-0.1, -0.05) is 41.5 Å². The van der Waals surface area contributed by atoms with Crippen molar-refractivity contribution < 1.29 is 9.59 Å². The lowest BCUT2D eigenvalue weighted by Crippen LogP contribution is -2.48. The molecule has 1 aliphatic carbocycles. The molecule has 3 fully saturated rings. The Hall–Kier alpha value is -1.06. The van der Waals surface area contributed by atoms with E-state index in [1.165, 1.54) is 0 Å². The van der Waals surface area contributed by atoms with Gasteiger partial charge in [0.25, 0.3) is 0 Å². The third-order valence-electron chi connectivity index (χ3n) is 7.23. The molecule has 2 unspecified atom stereocenters. The number of carbonyl (C=O) groups excluding carboxylic acids is 2. The fourth-order valence-corrected chi connectivity index (χ4v) is 5.45. The van der Waals surface area contributed by atoms with Crippen molar-refractivity contribution in [1.29, 1.82) is 0 Å². The third-order valence-corrected chi connectivity index (χ3v) is 7.23. The SMILES string of the molecule is CC(C)(C)C1C(=O)N1C1(C)CCC(C(C)(C)N2C(=O)C2C(C)(C)C)CC1. The van der Waals surface area contributed by atoms with Crippen molar-refractivity contribution in [3.8, 4) is 0 Å². The molecule has 2 heterocycles. The zero-order valence-corrected chi connectivity index (χ0v) is 18.3. The number of rotatable bonds is 3. The molecule has 26 heavy (non-hydrogen) atoms. The number of amides is 2. The molecule has 0 spiro atoms. The van der Waals surface area contributed by atoms with Crippen LogP contribution in [0.3, 0.4) is 0 Å². The van der Waals surface area contributed by atoms with E-state index in [-0.39, 0.29) is 34.0 Å². The van der Waals surface area contributed by atoms with Crippen LogP contribution in [0.15, 0.2) is 0 Å². The molecular weight excluding hydrogens is 324 g/mol. The Labute approximate surface area is 159 Å². The van der Waals surface area contributed by atoms with Crippen LogP contribution in [0.1, 0.15) is 88.0 Å². The number of nitrogens with zero attached hydrogens (tertiary/aromatic N) is 2. The van der Waals surface area contributed by atoms with E-state index < -0.39 is 0 Å². The molecule has 1 saturated carbocycles. The lowest BCUT2D eigenvalue weighted by atomic mass is 9.70. The van der Waals surface area contributed by atoms with Gasteiger partial charge in [-0.05, 0) is 63.2 Å². The Morgan fingerprint density at radius 3 is 1.62 bits per heavy atom.